The van der Waals surface area contributed by atoms with Gasteiger partial charge in [-0.25, -0.2) is 4.98 Å². The topological polar surface area (TPSA) is 80.0 Å². The summed E-state index contributed by atoms with van der Waals surface area (Å²) in [4.78, 5) is 21.1. The lowest BCUT2D eigenvalue weighted by atomic mass is 9.87. The van der Waals surface area contributed by atoms with Crippen molar-refractivity contribution in [2.45, 2.75) is 26.2 Å². The highest BCUT2D eigenvalue weighted by atomic mass is 35.5. The first kappa shape index (κ1) is 21.9. The van der Waals surface area contributed by atoms with Crippen molar-refractivity contribution >= 4 is 51.8 Å². The summed E-state index contributed by atoms with van der Waals surface area (Å²) in [6, 6.07) is 16.3. The zero-order valence-electron chi connectivity index (χ0n) is 17.8. The van der Waals surface area contributed by atoms with Crippen LogP contribution in [0.15, 0.2) is 65.2 Å². The number of halogens is 1. The lowest BCUT2D eigenvalue weighted by Gasteiger charge is -2.19. The second-order valence-corrected chi connectivity index (χ2v) is 9.09. The number of nitrogens with zero attached hydrogens (tertiary/aromatic N) is 2. The van der Waals surface area contributed by atoms with E-state index in [4.69, 9.17) is 28.2 Å². The average molecular weight is 465 g/mol. The van der Waals surface area contributed by atoms with Crippen LogP contribution in [0.2, 0.25) is 5.02 Å². The summed E-state index contributed by atoms with van der Waals surface area (Å²) in [6.45, 7) is 6.37. The molecule has 0 aliphatic rings. The second kappa shape index (κ2) is 8.68. The molecule has 0 radical (unpaired) electrons. The van der Waals surface area contributed by atoms with Crippen LogP contribution in [0.5, 0.6) is 0 Å². The van der Waals surface area contributed by atoms with Gasteiger partial charge in [-0.1, -0.05) is 44.5 Å². The molecular formula is C24H21ClN4O2S. The van der Waals surface area contributed by atoms with Gasteiger partial charge in [-0.05, 0) is 65.7 Å². The van der Waals surface area contributed by atoms with Crippen LogP contribution < -0.4 is 10.6 Å². The standard InChI is InChI=1S/C24H21ClN4O2S/c1-24(2,3)15-8-6-14(7-9-15)21(30)29-23(32)27-16-10-11-18(25)17(13-16)22-28-20-19(31-22)5-4-12-26-20/h4-13H,1-3H3,(H2,27,29,30,32). The molecule has 0 aliphatic carbocycles. The first-order chi connectivity index (χ1) is 15.2. The SMILES string of the molecule is CC(C)(C)c1ccc(C(=O)NC(=S)Nc2ccc(Cl)c(-c3nc4ncccc4o3)c2)cc1. The number of rotatable bonds is 3. The molecule has 4 aromatic rings. The molecule has 0 bridgehead atoms. The third-order valence-corrected chi connectivity index (χ3v) is 5.39. The molecule has 0 spiro atoms. The number of fused-ring (bicyclic) bond motifs is 1. The summed E-state index contributed by atoms with van der Waals surface area (Å²) in [7, 11) is 0. The van der Waals surface area contributed by atoms with Crippen molar-refractivity contribution in [3.05, 3.63) is 76.9 Å². The smallest absolute Gasteiger partial charge is 0.257 e. The zero-order valence-corrected chi connectivity index (χ0v) is 19.3. The van der Waals surface area contributed by atoms with Crippen LogP contribution in [0.3, 0.4) is 0 Å². The van der Waals surface area contributed by atoms with Gasteiger partial charge in [0.25, 0.3) is 5.91 Å². The Balaban J connectivity index is 1.47. The summed E-state index contributed by atoms with van der Waals surface area (Å²) in [5, 5.41) is 6.34. The molecule has 8 heteroatoms. The number of anilines is 1. The molecule has 2 heterocycles. The maximum absolute atomic E-state index is 12.6. The van der Waals surface area contributed by atoms with Crippen molar-refractivity contribution < 1.29 is 9.21 Å². The highest BCUT2D eigenvalue weighted by Crippen LogP contribution is 2.31. The van der Waals surface area contributed by atoms with Gasteiger partial charge in [0.1, 0.15) is 0 Å². The number of hydrogen-bond acceptors (Lipinski definition) is 5. The lowest BCUT2D eigenvalue weighted by molar-refractivity contribution is 0.0977. The van der Waals surface area contributed by atoms with Gasteiger partial charge < -0.3 is 9.73 Å². The van der Waals surface area contributed by atoms with Gasteiger partial charge in [0.2, 0.25) is 5.89 Å². The molecule has 2 aromatic heterocycles. The quantitative estimate of drug-likeness (QED) is 0.364. The summed E-state index contributed by atoms with van der Waals surface area (Å²) in [5.74, 6) is 0.0587. The molecule has 0 aliphatic heterocycles. The number of hydrogen-bond donors (Lipinski definition) is 2. The third kappa shape index (κ3) is 4.79. The predicted octanol–water partition coefficient (Wildman–Crippen LogP) is 5.97. The van der Waals surface area contributed by atoms with E-state index in [0.717, 1.165) is 5.56 Å². The van der Waals surface area contributed by atoms with Crippen LogP contribution in [0.25, 0.3) is 22.7 Å². The normalized spacial score (nSPS) is 11.4. The van der Waals surface area contributed by atoms with Gasteiger partial charge in [-0.3, -0.25) is 10.1 Å². The Morgan fingerprint density at radius 3 is 2.53 bits per heavy atom. The fourth-order valence-electron chi connectivity index (χ4n) is 3.11. The maximum Gasteiger partial charge on any atom is 0.257 e. The van der Waals surface area contributed by atoms with E-state index in [-0.39, 0.29) is 16.4 Å². The summed E-state index contributed by atoms with van der Waals surface area (Å²) in [5.41, 5.74) is 3.97. The lowest BCUT2D eigenvalue weighted by Crippen LogP contribution is -2.34. The molecule has 0 fully saturated rings. The Morgan fingerprint density at radius 1 is 1.09 bits per heavy atom. The van der Waals surface area contributed by atoms with E-state index in [9.17, 15) is 4.79 Å². The monoisotopic (exact) mass is 464 g/mol. The van der Waals surface area contributed by atoms with Crippen LogP contribution >= 0.6 is 23.8 Å². The number of carbonyl (C=O) groups excluding carboxylic acids is 1. The molecule has 6 nitrogen and oxygen atoms in total. The Labute approximate surface area is 196 Å². The third-order valence-electron chi connectivity index (χ3n) is 4.86. The van der Waals surface area contributed by atoms with E-state index in [2.05, 4.69) is 41.4 Å². The van der Waals surface area contributed by atoms with Crippen molar-refractivity contribution in [2.75, 3.05) is 5.32 Å². The van der Waals surface area contributed by atoms with Crippen LogP contribution in [0, 0.1) is 0 Å². The van der Waals surface area contributed by atoms with Gasteiger partial charge in [0.15, 0.2) is 16.3 Å². The van der Waals surface area contributed by atoms with Crippen molar-refractivity contribution in [1.29, 1.82) is 0 Å². The van der Waals surface area contributed by atoms with Crippen LogP contribution in [-0.4, -0.2) is 21.0 Å². The minimum atomic E-state index is -0.290. The van der Waals surface area contributed by atoms with Crippen molar-refractivity contribution in [1.82, 2.24) is 15.3 Å². The molecule has 0 saturated heterocycles. The number of amides is 1. The van der Waals surface area contributed by atoms with Gasteiger partial charge in [0.05, 0.1) is 10.6 Å². The molecule has 162 valence electrons. The first-order valence-electron chi connectivity index (χ1n) is 9.95. The second-order valence-electron chi connectivity index (χ2n) is 8.27. The molecule has 0 atom stereocenters. The molecule has 32 heavy (non-hydrogen) atoms. The Morgan fingerprint density at radius 2 is 1.84 bits per heavy atom. The maximum atomic E-state index is 12.6. The summed E-state index contributed by atoms with van der Waals surface area (Å²) < 4.78 is 5.76. The minimum Gasteiger partial charge on any atom is -0.434 e. The number of nitrogens with one attached hydrogen (secondary N) is 2. The number of pyridine rings is 1. The molecule has 1 amide bonds. The number of benzene rings is 2. The number of oxazole rings is 1. The molecule has 4 rings (SSSR count). The fourth-order valence-corrected chi connectivity index (χ4v) is 3.52. The van der Waals surface area contributed by atoms with E-state index in [1.807, 2.05) is 12.1 Å². The largest absolute Gasteiger partial charge is 0.434 e. The van der Waals surface area contributed by atoms with Crippen molar-refractivity contribution in [3.63, 3.8) is 0 Å². The first-order valence-corrected chi connectivity index (χ1v) is 10.7. The molecule has 2 aromatic carbocycles. The molecular weight excluding hydrogens is 444 g/mol. The zero-order chi connectivity index (χ0) is 22.9. The Hall–Kier alpha value is -3.29. The Bertz CT molecular complexity index is 1280. The van der Waals surface area contributed by atoms with Crippen LogP contribution in [0.4, 0.5) is 5.69 Å². The van der Waals surface area contributed by atoms with Crippen molar-refractivity contribution in [2.24, 2.45) is 0 Å². The van der Waals surface area contributed by atoms with Gasteiger partial charge in [-0.2, -0.15) is 4.98 Å². The number of aromatic nitrogens is 2. The Kier molecular flexibility index (Phi) is 5.95. The molecule has 0 saturated carbocycles. The number of carbonyl (C=O) groups is 1. The minimum absolute atomic E-state index is 0.0168. The highest BCUT2D eigenvalue weighted by molar-refractivity contribution is 7.80. The van der Waals surface area contributed by atoms with Crippen molar-refractivity contribution in [3.8, 4) is 11.5 Å². The van der Waals surface area contributed by atoms with E-state index < -0.39 is 0 Å². The van der Waals surface area contributed by atoms with Gasteiger partial charge in [-0.15, -0.1) is 0 Å². The fraction of sp³-hybridized carbons (Fsp3) is 0.167. The van der Waals surface area contributed by atoms with E-state index in [1.54, 1.807) is 48.7 Å². The van der Waals surface area contributed by atoms with E-state index >= 15 is 0 Å². The van der Waals surface area contributed by atoms with E-state index in [1.165, 1.54) is 0 Å². The van der Waals surface area contributed by atoms with Crippen LogP contribution in [0.1, 0.15) is 36.7 Å². The van der Waals surface area contributed by atoms with Gasteiger partial charge >= 0.3 is 0 Å². The highest BCUT2D eigenvalue weighted by Gasteiger charge is 2.16. The molecule has 0 unspecified atom stereocenters. The molecule has 2 N–H and O–H groups in total. The van der Waals surface area contributed by atoms with E-state index in [0.29, 0.717) is 39.0 Å². The number of thiocarbonyl (C=S) groups is 1. The predicted molar refractivity (Wildman–Crippen MR) is 131 cm³/mol. The van der Waals surface area contributed by atoms with Crippen LogP contribution in [-0.2, 0) is 5.41 Å². The summed E-state index contributed by atoms with van der Waals surface area (Å²) in [6.07, 6.45) is 1.64. The van der Waals surface area contributed by atoms with Gasteiger partial charge in [0, 0.05) is 17.4 Å². The summed E-state index contributed by atoms with van der Waals surface area (Å²) >= 11 is 11.7. The average Bonchev–Trinajstić information content (AvgIpc) is 3.18.